The van der Waals surface area contributed by atoms with Crippen molar-refractivity contribution >= 4 is 23.2 Å². The Labute approximate surface area is 127 Å². The lowest BCUT2D eigenvalue weighted by Gasteiger charge is -2.16. The molecule has 22 heavy (non-hydrogen) atoms. The van der Waals surface area contributed by atoms with Gasteiger partial charge in [0.25, 0.3) is 0 Å². The SMILES string of the molecule is Cc1cc(NC(=O)CNc2ccc3c(c2)C(=O)CCC3)no1. The molecule has 1 aromatic carbocycles. The average molecular weight is 299 g/mol. The van der Waals surface area contributed by atoms with Crippen LogP contribution in [0.15, 0.2) is 28.8 Å². The van der Waals surface area contributed by atoms with E-state index in [1.165, 1.54) is 0 Å². The second kappa shape index (κ2) is 6.01. The van der Waals surface area contributed by atoms with Gasteiger partial charge in [-0.25, -0.2) is 0 Å². The molecule has 1 amide bonds. The molecule has 0 bridgehead atoms. The number of benzene rings is 1. The standard InChI is InChI=1S/C16H17N3O3/c1-10-7-15(19-22-10)18-16(21)9-17-12-6-5-11-3-2-4-14(20)13(11)8-12/h5-8,17H,2-4,9H2,1H3,(H,18,19,21). The van der Waals surface area contributed by atoms with Crippen LogP contribution in [0.4, 0.5) is 11.5 Å². The summed E-state index contributed by atoms with van der Waals surface area (Å²) in [6, 6.07) is 7.32. The van der Waals surface area contributed by atoms with Crippen molar-refractivity contribution in [1.82, 2.24) is 5.16 Å². The Balaban J connectivity index is 1.60. The van der Waals surface area contributed by atoms with Crippen LogP contribution in [0.25, 0.3) is 0 Å². The van der Waals surface area contributed by atoms with E-state index < -0.39 is 0 Å². The van der Waals surface area contributed by atoms with Gasteiger partial charge in [-0.1, -0.05) is 11.2 Å². The molecule has 1 aliphatic rings. The van der Waals surface area contributed by atoms with Crippen molar-refractivity contribution in [2.45, 2.75) is 26.2 Å². The van der Waals surface area contributed by atoms with Crippen LogP contribution >= 0.6 is 0 Å². The molecule has 0 spiro atoms. The van der Waals surface area contributed by atoms with Gasteiger partial charge in [0.05, 0.1) is 6.54 Å². The molecular weight excluding hydrogens is 282 g/mol. The summed E-state index contributed by atoms with van der Waals surface area (Å²) in [5.41, 5.74) is 2.62. The molecule has 114 valence electrons. The monoisotopic (exact) mass is 299 g/mol. The molecule has 6 nitrogen and oxygen atoms in total. The summed E-state index contributed by atoms with van der Waals surface area (Å²) < 4.78 is 4.88. The van der Waals surface area contributed by atoms with Crippen molar-refractivity contribution < 1.29 is 14.1 Å². The highest BCUT2D eigenvalue weighted by atomic mass is 16.5. The Morgan fingerprint density at radius 3 is 2.95 bits per heavy atom. The third-order valence-electron chi connectivity index (χ3n) is 3.61. The van der Waals surface area contributed by atoms with E-state index >= 15 is 0 Å². The van der Waals surface area contributed by atoms with E-state index in [1.807, 2.05) is 18.2 Å². The number of anilines is 2. The highest BCUT2D eigenvalue weighted by Crippen LogP contribution is 2.24. The number of amides is 1. The minimum Gasteiger partial charge on any atom is -0.376 e. The van der Waals surface area contributed by atoms with Gasteiger partial charge in [0.15, 0.2) is 11.6 Å². The molecule has 0 saturated heterocycles. The van der Waals surface area contributed by atoms with Gasteiger partial charge in [-0.2, -0.15) is 0 Å². The lowest BCUT2D eigenvalue weighted by molar-refractivity contribution is -0.114. The van der Waals surface area contributed by atoms with Crippen molar-refractivity contribution in [2.75, 3.05) is 17.2 Å². The zero-order valence-electron chi connectivity index (χ0n) is 12.3. The molecule has 6 heteroatoms. The van der Waals surface area contributed by atoms with Gasteiger partial charge in [0.2, 0.25) is 5.91 Å². The molecule has 1 aliphatic carbocycles. The first-order valence-electron chi connectivity index (χ1n) is 7.25. The minimum absolute atomic E-state index is 0.0961. The van der Waals surface area contributed by atoms with Crippen molar-refractivity contribution in [3.05, 3.63) is 41.2 Å². The number of nitrogens with one attached hydrogen (secondary N) is 2. The first-order chi connectivity index (χ1) is 10.6. The highest BCUT2D eigenvalue weighted by molar-refractivity contribution is 5.99. The molecule has 0 radical (unpaired) electrons. The third kappa shape index (κ3) is 3.16. The van der Waals surface area contributed by atoms with Crippen LogP contribution < -0.4 is 10.6 Å². The van der Waals surface area contributed by atoms with Crippen molar-refractivity contribution in [3.8, 4) is 0 Å². The quantitative estimate of drug-likeness (QED) is 0.906. The largest absolute Gasteiger partial charge is 0.376 e. The van der Waals surface area contributed by atoms with E-state index in [4.69, 9.17) is 4.52 Å². The summed E-state index contributed by atoms with van der Waals surface area (Å²) in [5.74, 6) is 0.978. The summed E-state index contributed by atoms with van der Waals surface area (Å²) in [5, 5.41) is 9.35. The second-order valence-corrected chi connectivity index (χ2v) is 5.37. The average Bonchev–Trinajstić information content (AvgIpc) is 2.91. The van der Waals surface area contributed by atoms with Gasteiger partial charge in [-0.15, -0.1) is 0 Å². The number of rotatable bonds is 4. The molecule has 0 aliphatic heterocycles. The molecule has 0 unspecified atom stereocenters. The lowest BCUT2D eigenvalue weighted by atomic mass is 9.90. The maximum Gasteiger partial charge on any atom is 0.244 e. The van der Waals surface area contributed by atoms with Crippen LogP contribution in [-0.4, -0.2) is 23.4 Å². The van der Waals surface area contributed by atoms with Crippen molar-refractivity contribution in [2.24, 2.45) is 0 Å². The third-order valence-corrected chi connectivity index (χ3v) is 3.61. The van der Waals surface area contributed by atoms with E-state index in [2.05, 4.69) is 15.8 Å². The Bertz CT molecular complexity index is 721. The van der Waals surface area contributed by atoms with Crippen LogP contribution in [0.1, 0.15) is 34.5 Å². The Kier molecular flexibility index (Phi) is 3.91. The van der Waals surface area contributed by atoms with Gasteiger partial charge in [0, 0.05) is 23.7 Å². The number of fused-ring (bicyclic) bond motifs is 1. The lowest BCUT2D eigenvalue weighted by Crippen LogP contribution is -2.22. The van der Waals surface area contributed by atoms with E-state index in [1.54, 1.807) is 13.0 Å². The van der Waals surface area contributed by atoms with Gasteiger partial charge in [-0.3, -0.25) is 9.59 Å². The van der Waals surface area contributed by atoms with Crippen molar-refractivity contribution in [3.63, 3.8) is 0 Å². The summed E-state index contributed by atoms with van der Waals surface area (Å²) in [7, 11) is 0. The number of hydrogen-bond donors (Lipinski definition) is 2. The Hall–Kier alpha value is -2.63. The zero-order valence-corrected chi connectivity index (χ0v) is 12.3. The predicted molar refractivity (Wildman–Crippen MR) is 82.1 cm³/mol. The fourth-order valence-corrected chi connectivity index (χ4v) is 2.53. The molecule has 1 heterocycles. The minimum atomic E-state index is -0.225. The smallest absolute Gasteiger partial charge is 0.244 e. The number of aromatic nitrogens is 1. The number of carbonyl (C=O) groups excluding carboxylic acids is 2. The van der Waals surface area contributed by atoms with E-state index in [0.717, 1.165) is 29.7 Å². The molecule has 1 aromatic heterocycles. The predicted octanol–water partition coefficient (Wildman–Crippen LogP) is 2.55. The van der Waals surface area contributed by atoms with Crippen LogP contribution in [-0.2, 0) is 11.2 Å². The van der Waals surface area contributed by atoms with Gasteiger partial charge in [0.1, 0.15) is 5.76 Å². The second-order valence-electron chi connectivity index (χ2n) is 5.37. The Morgan fingerprint density at radius 2 is 2.18 bits per heavy atom. The van der Waals surface area contributed by atoms with Crippen LogP contribution in [0, 0.1) is 6.92 Å². The Morgan fingerprint density at radius 1 is 1.32 bits per heavy atom. The maximum absolute atomic E-state index is 11.9. The summed E-state index contributed by atoms with van der Waals surface area (Å²) >= 11 is 0. The van der Waals surface area contributed by atoms with Crippen molar-refractivity contribution in [1.29, 1.82) is 0 Å². The zero-order chi connectivity index (χ0) is 15.5. The molecule has 3 rings (SSSR count). The number of Topliss-reactive ketones (excluding diaryl/α,β-unsaturated/α-hetero) is 1. The molecule has 0 atom stereocenters. The van der Waals surface area contributed by atoms with Crippen LogP contribution in [0.5, 0.6) is 0 Å². The van der Waals surface area contributed by atoms with E-state index in [9.17, 15) is 9.59 Å². The van der Waals surface area contributed by atoms with Crippen LogP contribution in [0.2, 0.25) is 0 Å². The molecule has 0 fully saturated rings. The first-order valence-corrected chi connectivity index (χ1v) is 7.25. The number of ketones is 1. The summed E-state index contributed by atoms with van der Waals surface area (Å²) in [6.07, 6.45) is 2.45. The molecular formula is C16H17N3O3. The van der Waals surface area contributed by atoms with E-state index in [-0.39, 0.29) is 18.2 Å². The number of carbonyl (C=O) groups is 2. The fraction of sp³-hybridized carbons (Fsp3) is 0.312. The molecule has 2 aromatic rings. The van der Waals surface area contributed by atoms with Gasteiger partial charge < -0.3 is 15.2 Å². The topological polar surface area (TPSA) is 84.2 Å². The van der Waals surface area contributed by atoms with Gasteiger partial charge >= 0.3 is 0 Å². The first kappa shape index (κ1) is 14.3. The van der Waals surface area contributed by atoms with E-state index in [0.29, 0.717) is 18.0 Å². The number of aryl methyl sites for hydroxylation is 2. The number of nitrogens with zero attached hydrogens (tertiary/aromatic N) is 1. The van der Waals surface area contributed by atoms with Gasteiger partial charge in [-0.05, 0) is 37.5 Å². The molecule has 2 N–H and O–H groups in total. The highest BCUT2D eigenvalue weighted by Gasteiger charge is 2.17. The maximum atomic E-state index is 11.9. The number of hydrogen-bond acceptors (Lipinski definition) is 5. The summed E-state index contributed by atoms with van der Waals surface area (Å²) in [6.45, 7) is 1.85. The van der Waals surface area contributed by atoms with Crippen LogP contribution in [0.3, 0.4) is 0 Å². The fourth-order valence-electron chi connectivity index (χ4n) is 2.53. The normalized spacial score (nSPS) is 13.6. The summed E-state index contributed by atoms with van der Waals surface area (Å²) in [4.78, 5) is 23.7. The molecule has 0 saturated carbocycles.